The summed E-state index contributed by atoms with van der Waals surface area (Å²) in [7, 11) is 0. The molecule has 7 nitrogen and oxygen atoms in total. The molecule has 6 fully saturated rings. The van der Waals surface area contributed by atoms with Crippen molar-refractivity contribution in [2.75, 3.05) is 26.2 Å². The van der Waals surface area contributed by atoms with E-state index in [1.54, 1.807) is 12.1 Å². The summed E-state index contributed by atoms with van der Waals surface area (Å²) >= 11 is 0. The van der Waals surface area contributed by atoms with Gasteiger partial charge in [-0.3, -0.25) is 9.69 Å². The molecule has 1 aromatic carbocycles. The molecule has 2 aliphatic heterocycles. The summed E-state index contributed by atoms with van der Waals surface area (Å²) < 4.78 is 0. The second-order valence-electron chi connectivity index (χ2n) is 20.1. The van der Waals surface area contributed by atoms with E-state index in [4.69, 9.17) is 0 Å². The van der Waals surface area contributed by atoms with Gasteiger partial charge >= 0.3 is 12.0 Å². The van der Waals surface area contributed by atoms with Crippen LogP contribution >= 0.6 is 0 Å². The van der Waals surface area contributed by atoms with Crippen molar-refractivity contribution in [3.05, 3.63) is 53.6 Å². The molecular formula is C46H65N3O4. The number of carbonyl (C=O) groups is 3. The number of rotatable bonds is 5. The number of carboxylic acids is 1. The second-order valence-corrected chi connectivity index (χ2v) is 20.1. The van der Waals surface area contributed by atoms with Crippen molar-refractivity contribution < 1.29 is 19.5 Å². The van der Waals surface area contributed by atoms with Crippen LogP contribution in [-0.4, -0.2) is 70.4 Å². The number of urea groups is 1. The average molecular weight is 724 g/mol. The SMILES string of the molecule is C=C(C)[C@@H]1CC[C@]2(NC(=O)N3CCC(N4CCCC4)C(=O)C3)CC[C@]3(C)[C@H](CC[C@@H]4[C@@]5(C)CC=C(c6ccc(C(=O)O)cc6)C(C)(C)[C@@H]5CC[C@]43C)[C@@H]12. The number of amides is 2. The van der Waals surface area contributed by atoms with E-state index in [1.807, 2.05) is 17.0 Å². The highest BCUT2D eigenvalue weighted by atomic mass is 16.4. The molecule has 2 saturated heterocycles. The number of aromatic carboxylic acids is 1. The van der Waals surface area contributed by atoms with E-state index in [2.05, 4.69) is 64.4 Å². The van der Waals surface area contributed by atoms with Crippen molar-refractivity contribution in [2.24, 2.45) is 51.2 Å². The van der Waals surface area contributed by atoms with Crippen molar-refractivity contribution in [3.63, 3.8) is 0 Å². The number of allylic oxidation sites excluding steroid dienone is 3. The molecule has 5 aliphatic carbocycles. The zero-order chi connectivity index (χ0) is 37.7. The molecule has 8 rings (SSSR count). The third-order valence-electron chi connectivity index (χ3n) is 17.7. The van der Waals surface area contributed by atoms with Gasteiger partial charge in [-0.05, 0) is 172 Å². The molecule has 2 N–H and O–H groups in total. The van der Waals surface area contributed by atoms with E-state index in [9.17, 15) is 19.5 Å². The molecule has 7 heteroatoms. The van der Waals surface area contributed by atoms with Gasteiger partial charge in [-0.1, -0.05) is 65.0 Å². The van der Waals surface area contributed by atoms with E-state index in [-0.39, 0.29) is 51.6 Å². The lowest BCUT2D eigenvalue weighted by Crippen LogP contribution is -2.69. The summed E-state index contributed by atoms with van der Waals surface area (Å²) in [5.41, 5.74) is 4.39. The first kappa shape index (κ1) is 37.0. The van der Waals surface area contributed by atoms with Gasteiger partial charge < -0.3 is 15.3 Å². The first-order valence-corrected chi connectivity index (χ1v) is 21.1. The van der Waals surface area contributed by atoms with Crippen LogP contribution in [-0.2, 0) is 4.79 Å². The lowest BCUT2D eigenvalue weighted by Gasteiger charge is -2.72. The molecule has 0 aromatic heterocycles. The van der Waals surface area contributed by atoms with Gasteiger partial charge in [-0.15, -0.1) is 0 Å². The van der Waals surface area contributed by atoms with Gasteiger partial charge in [0.2, 0.25) is 0 Å². The average Bonchev–Trinajstić information content (AvgIpc) is 3.78. The quantitative estimate of drug-likeness (QED) is 0.296. The fourth-order valence-corrected chi connectivity index (χ4v) is 15.0. The molecule has 7 aliphatic rings. The van der Waals surface area contributed by atoms with Crippen molar-refractivity contribution >= 4 is 23.4 Å². The minimum atomic E-state index is -0.879. The number of benzene rings is 1. The highest BCUT2D eigenvalue weighted by Gasteiger charge is 2.70. The molecule has 1 unspecified atom stereocenters. The van der Waals surface area contributed by atoms with Gasteiger partial charge in [0.1, 0.15) is 0 Å². The van der Waals surface area contributed by atoms with Crippen molar-refractivity contribution in [1.82, 2.24) is 15.1 Å². The molecule has 53 heavy (non-hydrogen) atoms. The Hall–Kier alpha value is -2.93. The molecule has 0 spiro atoms. The van der Waals surface area contributed by atoms with Crippen molar-refractivity contribution in [1.29, 1.82) is 0 Å². The first-order chi connectivity index (χ1) is 25.1. The summed E-state index contributed by atoms with van der Waals surface area (Å²) in [6.45, 7) is 22.5. The highest BCUT2D eigenvalue weighted by Crippen LogP contribution is 2.76. The molecule has 0 bridgehead atoms. The number of nitrogens with one attached hydrogen (secondary N) is 1. The lowest BCUT2D eigenvalue weighted by atomic mass is 9.33. The van der Waals surface area contributed by atoms with Crippen LogP contribution in [0.3, 0.4) is 0 Å². The molecular weight excluding hydrogens is 659 g/mol. The predicted molar refractivity (Wildman–Crippen MR) is 210 cm³/mol. The lowest BCUT2D eigenvalue weighted by molar-refractivity contribution is -0.218. The van der Waals surface area contributed by atoms with Gasteiger partial charge in [0.15, 0.2) is 5.78 Å². The summed E-state index contributed by atoms with van der Waals surface area (Å²) in [6, 6.07) is 7.50. The molecule has 10 atom stereocenters. The Morgan fingerprint density at radius 3 is 2.23 bits per heavy atom. The Balaban J connectivity index is 1.05. The summed E-state index contributed by atoms with van der Waals surface area (Å²) in [4.78, 5) is 43.3. The molecule has 2 heterocycles. The van der Waals surface area contributed by atoms with Gasteiger partial charge in [0.25, 0.3) is 0 Å². The van der Waals surface area contributed by atoms with Crippen LogP contribution in [0.4, 0.5) is 4.79 Å². The normalized spacial score (nSPS) is 42.1. The Bertz CT molecular complexity index is 1710. The minimum Gasteiger partial charge on any atom is -0.478 e. The predicted octanol–water partition coefficient (Wildman–Crippen LogP) is 9.24. The molecule has 1 aromatic rings. The van der Waals surface area contributed by atoms with Crippen LogP contribution in [0.15, 0.2) is 42.5 Å². The standard InChI is InChI=1S/C46H65N3O4/c1-29(2)32-16-22-46(47-41(53)49-27-19-35(36(50)28-49)48-25-8-9-26-48)24-23-44(6)34(39(32)46)14-15-38-43(5)20-17-33(30-10-12-31(13-11-30)40(51)52)42(3,4)37(43)18-21-45(38,44)7/h10-13,17,32,34-35,37-39H,1,8-9,14-16,18-28H2,2-7H3,(H,47,53)(H,51,52)/t32-,34+,35?,37-,38+,39+,43-,44+,45+,46-/m0/s1. The Morgan fingerprint density at radius 1 is 0.849 bits per heavy atom. The number of carboxylic acid groups (broad SMARTS) is 1. The van der Waals surface area contributed by atoms with Crippen LogP contribution < -0.4 is 5.32 Å². The topological polar surface area (TPSA) is 90.0 Å². The van der Waals surface area contributed by atoms with E-state index in [1.165, 1.54) is 49.7 Å². The maximum Gasteiger partial charge on any atom is 0.335 e. The number of Topliss-reactive ketones (excluding diaryl/α,β-unsaturated/α-hetero) is 1. The van der Waals surface area contributed by atoms with Gasteiger partial charge in [0, 0.05) is 12.1 Å². The second kappa shape index (κ2) is 12.8. The van der Waals surface area contributed by atoms with Gasteiger partial charge in [-0.2, -0.15) is 0 Å². The van der Waals surface area contributed by atoms with Crippen molar-refractivity contribution in [3.8, 4) is 0 Å². The highest BCUT2D eigenvalue weighted by molar-refractivity contribution is 5.91. The Labute approximate surface area is 318 Å². The van der Waals surface area contributed by atoms with Crippen molar-refractivity contribution in [2.45, 2.75) is 130 Å². The molecule has 2 amide bonds. The van der Waals surface area contributed by atoms with E-state index >= 15 is 0 Å². The summed E-state index contributed by atoms with van der Waals surface area (Å²) in [5.74, 6) is 1.77. The van der Waals surface area contributed by atoms with E-state index in [0.717, 1.165) is 57.2 Å². The fraction of sp³-hybridized carbons (Fsp3) is 0.717. The molecule has 0 radical (unpaired) electrons. The van der Waals surface area contributed by atoms with Crippen LogP contribution in [0.5, 0.6) is 0 Å². The number of hydrogen-bond donors (Lipinski definition) is 2. The molecule has 4 saturated carbocycles. The third-order valence-corrected chi connectivity index (χ3v) is 17.7. The maximum atomic E-state index is 14.2. The number of hydrogen-bond acceptors (Lipinski definition) is 4. The largest absolute Gasteiger partial charge is 0.478 e. The van der Waals surface area contributed by atoms with Crippen LogP contribution in [0.1, 0.15) is 135 Å². The number of fused-ring (bicyclic) bond motifs is 7. The summed E-state index contributed by atoms with van der Waals surface area (Å²) in [5, 5.41) is 13.2. The minimum absolute atomic E-state index is 0.0165. The van der Waals surface area contributed by atoms with Crippen LogP contribution in [0.25, 0.3) is 5.57 Å². The van der Waals surface area contributed by atoms with Crippen LogP contribution in [0.2, 0.25) is 0 Å². The fourth-order valence-electron chi connectivity index (χ4n) is 15.0. The van der Waals surface area contributed by atoms with Gasteiger partial charge in [0.05, 0.1) is 18.2 Å². The number of ketones is 1. The van der Waals surface area contributed by atoms with Crippen LogP contribution in [0, 0.1) is 51.2 Å². The zero-order valence-electron chi connectivity index (χ0n) is 33.4. The maximum absolute atomic E-state index is 14.2. The van der Waals surface area contributed by atoms with E-state index in [0.29, 0.717) is 41.7 Å². The monoisotopic (exact) mass is 723 g/mol. The zero-order valence-corrected chi connectivity index (χ0v) is 33.4. The van der Waals surface area contributed by atoms with E-state index < -0.39 is 5.97 Å². The van der Waals surface area contributed by atoms with Gasteiger partial charge in [-0.25, -0.2) is 9.59 Å². The number of nitrogens with zero attached hydrogens (tertiary/aromatic N) is 2. The Morgan fingerprint density at radius 2 is 1.57 bits per heavy atom. The Kier molecular flexibility index (Phi) is 8.95. The summed E-state index contributed by atoms with van der Waals surface area (Å²) in [6.07, 6.45) is 15.7. The number of likely N-dealkylation sites (tertiary alicyclic amines) is 2. The molecule has 288 valence electrons. The number of carbonyl (C=O) groups excluding carboxylic acids is 2. The first-order valence-electron chi connectivity index (χ1n) is 21.1. The smallest absolute Gasteiger partial charge is 0.335 e. The third kappa shape index (κ3) is 5.46. The number of piperidine rings is 1.